The Morgan fingerprint density at radius 2 is 2.15 bits per heavy atom. The molecule has 0 aliphatic carbocycles. The lowest BCUT2D eigenvalue weighted by atomic mass is 9.94. The van der Waals surface area contributed by atoms with E-state index in [9.17, 15) is 22.4 Å². The van der Waals surface area contributed by atoms with Crippen LogP contribution in [0, 0.1) is 11.7 Å². The molecule has 0 spiro atoms. The molecule has 1 saturated heterocycles. The van der Waals surface area contributed by atoms with Crippen LogP contribution in [-0.4, -0.2) is 37.7 Å². The minimum absolute atomic E-state index is 0.0278. The highest BCUT2D eigenvalue weighted by Crippen LogP contribution is 2.30. The quantitative estimate of drug-likeness (QED) is 0.597. The maximum atomic E-state index is 13.8. The number of hydrogen-bond donors (Lipinski definition) is 1. The fourth-order valence-electron chi connectivity index (χ4n) is 3.15. The van der Waals surface area contributed by atoms with E-state index in [0.29, 0.717) is 31.7 Å². The third kappa shape index (κ3) is 5.86. The van der Waals surface area contributed by atoms with E-state index in [4.69, 9.17) is 4.74 Å². The predicted molar refractivity (Wildman–Crippen MR) is 89.0 cm³/mol. The summed E-state index contributed by atoms with van der Waals surface area (Å²) in [5, 5.41) is 2.60. The van der Waals surface area contributed by atoms with E-state index in [1.54, 1.807) is 12.0 Å². The van der Waals surface area contributed by atoms with Crippen molar-refractivity contribution in [3.63, 3.8) is 0 Å². The van der Waals surface area contributed by atoms with E-state index in [-0.39, 0.29) is 18.1 Å². The summed E-state index contributed by atoms with van der Waals surface area (Å²) in [6.07, 6.45) is -0.715. The number of urea groups is 1. The standard InChI is InChI=1S/C18H24F4N2O2/c1-26-9-3-5-13-4-2-8-24(12-13)17(25)23-11-14-6-7-15(10-16(14)19)18(20,21)22/h6-7,10,13H,2-5,8-9,11-12H2,1H3,(H,23,25). The van der Waals surface area contributed by atoms with Gasteiger partial charge in [-0.05, 0) is 43.7 Å². The van der Waals surface area contributed by atoms with Crippen molar-refractivity contribution in [2.75, 3.05) is 26.8 Å². The van der Waals surface area contributed by atoms with Crippen molar-refractivity contribution < 1.29 is 27.1 Å². The van der Waals surface area contributed by atoms with Gasteiger partial charge in [0, 0.05) is 38.9 Å². The number of methoxy groups -OCH3 is 1. The molecule has 4 nitrogen and oxygen atoms in total. The minimum atomic E-state index is -4.59. The molecule has 1 aromatic rings. The first-order chi connectivity index (χ1) is 12.3. The average molecular weight is 376 g/mol. The molecule has 0 radical (unpaired) electrons. The van der Waals surface area contributed by atoms with Gasteiger partial charge < -0.3 is 15.0 Å². The molecule has 1 unspecified atom stereocenters. The predicted octanol–water partition coefficient (Wildman–Crippen LogP) is 4.19. The highest BCUT2D eigenvalue weighted by Gasteiger charge is 2.31. The van der Waals surface area contributed by atoms with Crippen LogP contribution in [0.15, 0.2) is 18.2 Å². The molecule has 1 fully saturated rings. The third-order valence-corrected chi connectivity index (χ3v) is 4.58. The van der Waals surface area contributed by atoms with Crippen LogP contribution in [0.1, 0.15) is 36.8 Å². The number of amides is 2. The van der Waals surface area contributed by atoms with Crippen molar-refractivity contribution in [2.45, 2.75) is 38.4 Å². The van der Waals surface area contributed by atoms with Gasteiger partial charge in [-0.3, -0.25) is 0 Å². The molecule has 0 bridgehead atoms. The molecule has 0 aromatic heterocycles. The Morgan fingerprint density at radius 3 is 2.81 bits per heavy atom. The summed E-state index contributed by atoms with van der Waals surface area (Å²) in [5.41, 5.74) is -1.01. The van der Waals surface area contributed by atoms with Gasteiger partial charge >= 0.3 is 12.2 Å². The van der Waals surface area contributed by atoms with Crippen molar-refractivity contribution in [3.05, 3.63) is 35.1 Å². The maximum Gasteiger partial charge on any atom is 0.416 e. The first-order valence-corrected chi connectivity index (χ1v) is 8.68. The zero-order valence-electron chi connectivity index (χ0n) is 14.7. The van der Waals surface area contributed by atoms with Crippen LogP contribution in [0.25, 0.3) is 0 Å². The van der Waals surface area contributed by atoms with Crippen molar-refractivity contribution in [3.8, 4) is 0 Å². The summed E-state index contributed by atoms with van der Waals surface area (Å²) in [6, 6.07) is 2.01. The molecule has 2 rings (SSSR count). The SMILES string of the molecule is COCCCC1CCCN(C(=O)NCc2ccc(C(F)(F)F)cc2F)C1. The number of benzene rings is 1. The van der Waals surface area contributed by atoms with Crippen molar-refractivity contribution in [1.29, 1.82) is 0 Å². The van der Waals surface area contributed by atoms with Gasteiger partial charge in [-0.2, -0.15) is 13.2 Å². The number of alkyl halides is 3. The van der Waals surface area contributed by atoms with Crippen molar-refractivity contribution >= 4 is 6.03 Å². The van der Waals surface area contributed by atoms with Crippen molar-refractivity contribution in [2.24, 2.45) is 5.92 Å². The number of carbonyl (C=O) groups excluding carboxylic acids is 1. The van der Waals surface area contributed by atoms with Crippen molar-refractivity contribution in [1.82, 2.24) is 10.2 Å². The lowest BCUT2D eigenvalue weighted by Gasteiger charge is -2.32. The van der Waals surface area contributed by atoms with E-state index in [1.807, 2.05) is 0 Å². The Morgan fingerprint density at radius 1 is 1.38 bits per heavy atom. The molecule has 1 N–H and O–H groups in total. The Hall–Kier alpha value is -1.83. The molecular weight excluding hydrogens is 352 g/mol. The largest absolute Gasteiger partial charge is 0.416 e. The molecule has 1 atom stereocenters. The number of hydrogen-bond acceptors (Lipinski definition) is 2. The van der Waals surface area contributed by atoms with E-state index < -0.39 is 17.6 Å². The number of nitrogens with one attached hydrogen (secondary N) is 1. The Labute approximate surface area is 150 Å². The number of nitrogens with zero attached hydrogens (tertiary/aromatic N) is 1. The molecule has 2 amide bonds. The summed E-state index contributed by atoms with van der Waals surface area (Å²) in [5.74, 6) is -0.566. The zero-order valence-corrected chi connectivity index (χ0v) is 14.7. The van der Waals surface area contributed by atoms with Crippen LogP contribution in [0.4, 0.5) is 22.4 Å². The van der Waals surface area contributed by atoms with Gasteiger partial charge in [0.05, 0.1) is 5.56 Å². The van der Waals surface area contributed by atoms with Gasteiger partial charge in [-0.15, -0.1) is 0 Å². The van der Waals surface area contributed by atoms with Crippen LogP contribution in [-0.2, 0) is 17.5 Å². The van der Waals surface area contributed by atoms with E-state index >= 15 is 0 Å². The Bertz CT molecular complexity index is 607. The number of piperidine rings is 1. The van der Waals surface area contributed by atoms with Gasteiger partial charge in [0.1, 0.15) is 5.82 Å². The molecule has 8 heteroatoms. The Kier molecular flexibility index (Phi) is 7.25. The number of carbonyl (C=O) groups is 1. The van der Waals surface area contributed by atoms with Gasteiger partial charge in [0.15, 0.2) is 0 Å². The molecule has 0 saturated carbocycles. The van der Waals surface area contributed by atoms with Crippen LogP contribution < -0.4 is 5.32 Å². The maximum absolute atomic E-state index is 13.8. The number of likely N-dealkylation sites (tertiary alicyclic amines) is 1. The second kappa shape index (κ2) is 9.21. The number of rotatable bonds is 6. The number of halogens is 4. The fourth-order valence-corrected chi connectivity index (χ4v) is 3.15. The topological polar surface area (TPSA) is 41.6 Å². The first kappa shape index (κ1) is 20.5. The van der Waals surface area contributed by atoms with E-state index in [2.05, 4.69) is 5.32 Å². The summed E-state index contributed by atoms with van der Waals surface area (Å²) in [4.78, 5) is 14.0. The summed E-state index contributed by atoms with van der Waals surface area (Å²) in [6.45, 7) is 1.80. The average Bonchev–Trinajstić information content (AvgIpc) is 2.60. The highest BCUT2D eigenvalue weighted by molar-refractivity contribution is 5.74. The van der Waals surface area contributed by atoms with E-state index in [1.165, 1.54) is 0 Å². The minimum Gasteiger partial charge on any atom is -0.385 e. The van der Waals surface area contributed by atoms with E-state index in [0.717, 1.165) is 37.8 Å². The summed E-state index contributed by atoms with van der Waals surface area (Å²) in [7, 11) is 1.65. The molecular formula is C18H24F4N2O2. The molecule has 1 aromatic carbocycles. The molecule has 1 aliphatic heterocycles. The fraction of sp³-hybridized carbons (Fsp3) is 0.611. The molecule has 1 heterocycles. The number of ether oxygens (including phenoxy) is 1. The van der Waals surface area contributed by atoms with Crippen LogP contribution >= 0.6 is 0 Å². The molecule has 26 heavy (non-hydrogen) atoms. The zero-order chi connectivity index (χ0) is 19.2. The van der Waals surface area contributed by atoms with Crippen LogP contribution in [0.3, 0.4) is 0 Å². The Balaban J connectivity index is 1.86. The second-order valence-corrected chi connectivity index (χ2v) is 6.55. The summed E-state index contributed by atoms with van der Waals surface area (Å²) < 4.78 is 56.5. The first-order valence-electron chi connectivity index (χ1n) is 8.68. The second-order valence-electron chi connectivity index (χ2n) is 6.55. The lowest BCUT2D eigenvalue weighted by Crippen LogP contribution is -2.45. The third-order valence-electron chi connectivity index (χ3n) is 4.58. The van der Waals surface area contributed by atoms with Gasteiger partial charge in [0.25, 0.3) is 0 Å². The van der Waals surface area contributed by atoms with Gasteiger partial charge in [-0.25, -0.2) is 9.18 Å². The van der Waals surface area contributed by atoms with Crippen LogP contribution in [0.2, 0.25) is 0 Å². The van der Waals surface area contributed by atoms with Gasteiger partial charge in [-0.1, -0.05) is 6.07 Å². The van der Waals surface area contributed by atoms with Crippen LogP contribution in [0.5, 0.6) is 0 Å². The smallest absolute Gasteiger partial charge is 0.385 e. The molecule has 1 aliphatic rings. The highest BCUT2D eigenvalue weighted by atomic mass is 19.4. The molecule has 146 valence electrons. The monoisotopic (exact) mass is 376 g/mol. The normalized spacial score (nSPS) is 18.0. The lowest BCUT2D eigenvalue weighted by molar-refractivity contribution is -0.137. The van der Waals surface area contributed by atoms with Gasteiger partial charge in [0.2, 0.25) is 0 Å². The summed E-state index contributed by atoms with van der Waals surface area (Å²) >= 11 is 0.